The van der Waals surface area contributed by atoms with E-state index in [0.717, 1.165) is 38.6 Å². The van der Waals surface area contributed by atoms with Gasteiger partial charge < -0.3 is 19.7 Å². The van der Waals surface area contributed by atoms with Gasteiger partial charge in [-0.2, -0.15) is 0 Å². The Morgan fingerprint density at radius 2 is 1.79 bits per heavy atom. The maximum absolute atomic E-state index is 5.54. The Kier molecular flexibility index (Phi) is 6.49. The summed E-state index contributed by atoms with van der Waals surface area (Å²) >= 11 is 0. The van der Waals surface area contributed by atoms with Gasteiger partial charge >= 0.3 is 0 Å². The molecular formula is C19H31N3O2. The summed E-state index contributed by atoms with van der Waals surface area (Å²) in [6, 6.07) is 9.59. The van der Waals surface area contributed by atoms with Crippen LogP contribution in [0.4, 0.5) is 0 Å². The summed E-state index contributed by atoms with van der Waals surface area (Å²) in [6.07, 6.45) is 2.49. The van der Waals surface area contributed by atoms with Crippen molar-refractivity contribution < 1.29 is 9.47 Å². The van der Waals surface area contributed by atoms with Gasteiger partial charge in [-0.3, -0.25) is 4.90 Å². The molecule has 0 bridgehead atoms. The second kappa shape index (κ2) is 8.81. The van der Waals surface area contributed by atoms with Gasteiger partial charge in [0.25, 0.3) is 0 Å². The lowest BCUT2D eigenvalue weighted by molar-refractivity contribution is 0.0152. The molecular weight excluding hydrogens is 302 g/mol. The van der Waals surface area contributed by atoms with Crippen LogP contribution in [0, 0.1) is 0 Å². The molecule has 1 atom stereocenters. The van der Waals surface area contributed by atoms with Crippen LogP contribution in [0.25, 0.3) is 0 Å². The van der Waals surface area contributed by atoms with Crippen LogP contribution in [-0.2, 0) is 4.74 Å². The maximum Gasteiger partial charge on any atom is 0.118 e. The van der Waals surface area contributed by atoms with Gasteiger partial charge in [-0.25, -0.2) is 0 Å². The first-order chi connectivity index (χ1) is 11.8. The predicted octanol–water partition coefficient (Wildman–Crippen LogP) is 1.75. The number of rotatable bonds is 6. The third-order valence-corrected chi connectivity index (χ3v) is 5.31. The van der Waals surface area contributed by atoms with Crippen molar-refractivity contribution in [3.63, 3.8) is 0 Å². The number of benzene rings is 1. The number of likely N-dealkylation sites (tertiary alicyclic amines) is 1. The predicted molar refractivity (Wildman–Crippen MR) is 96.6 cm³/mol. The topological polar surface area (TPSA) is 37.0 Å². The lowest BCUT2D eigenvalue weighted by Crippen LogP contribution is -2.47. The molecule has 5 heteroatoms. The molecule has 0 radical (unpaired) electrons. The van der Waals surface area contributed by atoms with Crippen molar-refractivity contribution in [2.24, 2.45) is 0 Å². The molecule has 2 aliphatic heterocycles. The van der Waals surface area contributed by atoms with Crippen LogP contribution in [0.15, 0.2) is 24.3 Å². The second-order valence-electron chi connectivity index (χ2n) is 6.92. The van der Waals surface area contributed by atoms with Crippen molar-refractivity contribution in [3.8, 4) is 5.75 Å². The molecule has 24 heavy (non-hydrogen) atoms. The Morgan fingerprint density at radius 3 is 2.42 bits per heavy atom. The quantitative estimate of drug-likeness (QED) is 0.858. The zero-order chi connectivity index (χ0) is 16.8. The number of morpholine rings is 1. The molecule has 2 fully saturated rings. The Labute approximate surface area is 145 Å². The van der Waals surface area contributed by atoms with E-state index in [1.54, 1.807) is 7.11 Å². The van der Waals surface area contributed by atoms with Crippen molar-refractivity contribution in [2.75, 3.05) is 60.1 Å². The van der Waals surface area contributed by atoms with Gasteiger partial charge in [-0.15, -0.1) is 0 Å². The van der Waals surface area contributed by atoms with Gasteiger partial charge in [0.2, 0.25) is 0 Å². The van der Waals surface area contributed by atoms with Crippen LogP contribution in [0.2, 0.25) is 0 Å². The van der Waals surface area contributed by atoms with E-state index in [1.165, 1.54) is 31.5 Å². The van der Waals surface area contributed by atoms with Gasteiger partial charge in [0.1, 0.15) is 5.75 Å². The number of hydrogen-bond acceptors (Lipinski definition) is 5. The highest BCUT2D eigenvalue weighted by atomic mass is 16.5. The third kappa shape index (κ3) is 4.70. The molecule has 1 N–H and O–H groups in total. The normalized spacial score (nSPS) is 22.4. The number of nitrogens with one attached hydrogen (secondary N) is 1. The van der Waals surface area contributed by atoms with Crippen LogP contribution < -0.4 is 10.1 Å². The van der Waals surface area contributed by atoms with Crippen LogP contribution in [-0.4, -0.2) is 75.9 Å². The highest BCUT2D eigenvalue weighted by Crippen LogP contribution is 2.24. The highest BCUT2D eigenvalue weighted by Gasteiger charge is 2.24. The summed E-state index contributed by atoms with van der Waals surface area (Å²) in [5, 5.41) is 3.83. The number of nitrogens with zero attached hydrogens (tertiary/aromatic N) is 2. The van der Waals surface area contributed by atoms with Crippen LogP contribution in [0.1, 0.15) is 24.4 Å². The maximum atomic E-state index is 5.54. The summed E-state index contributed by atoms with van der Waals surface area (Å²) in [6.45, 7) is 7.07. The first-order valence-corrected chi connectivity index (χ1v) is 9.14. The zero-order valence-corrected chi connectivity index (χ0v) is 15.0. The molecule has 1 aromatic carbocycles. The van der Waals surface area contributed by atoms with Gasteiger partial charge in [0.15, 0.2) is 0 Å². The van der Waals surface area contributed by atoms with Crippen molar-refractivity contribution in [1.29, 1.82) is 0 Å². The minimum atomic E-state index is 0.402. The summed E-state index contributed by atoms with van der Waals surface area (Å²) < 4.78 is 10.8. The molecule has 0 aliphatic carbocycles. The largest absolute Gasteiger partial charge is 0.497 e. The Balaban J connectivity index is 1.64. The zero-order valence-electron chi connectivity index (χ0n) is 15.0. The van der Waals surface area contributed by atoms with Crippen molar-refractivity contribution >= 4 is 0 Å². The molecule has 2 saturated heterocycles. The molecule has 134 valence electrons. The fraction of sp³-hybridized carbons (Fsp3) is 0.684. The van der Waals surface area contributed by atoms with E-state index in [1.807, 2.05) is 0 Å². The van der Waals surface area contributed by atoms with Gasteiger partial charge in [0.05, 0.1) is 20.3 Å². The average molecular weight is 333 g/mol. The Hall–Kier alpha value is -1.14. The molecule has 0 aromatic heterocycles. The SMILES string of the molecule is COc1ccc(C(CNC2CCN(C)CC2)N2CCOCC2)cc1. The van der Waals surface area contributed by atoms with E-state index in [-0.39, 0.29) is 0 Å². The van der Waals surface area contributed by atoms with Crippen LogP contribution in [0.3, 0.4) is 0 Å². The van der Waals surface area contributed by atoms with Gasteiger partial charge in [-0.1, -0.05) is 12.1 Å². The van der Waals surface area contributed by atoms with Crippen LogP contribution in [0.5, 0.6) is 5.75 Å². The molecule has 3 rings (SSSR count). The number of hydrogen-bond donors (Lipinski definition) is 1. The van der Waals surface area contributed by atoms with E-state index < -0.39 is 0 Å². The van der Waals surface area contributed by atoms with E-state index in [4.69, 9.17) is 9.47 Å². The van der Waals surface area contributed by atoms with Crippen LogP contribution >= 0.6 is 0 Å². The fourth-order valence-corrected chi connectivity index (χ4v) is 3.66. The Morgan fingerprint density at radius 1 is 1.12 bits per heavy atom. The minimum Gasteiger partial charge on any atom is -0.497 e. The smallest absolute Gasteiger partial charge is 0.118 e. The molecule has 0 spiro atoms. The first kappa shape index (κ1) is 17.7. The lowest BCUT2D eigenvalue weighted by Gasteiger charge is -2.37. The number of methoxy groups -OCH3 is 1. The minimum absolute atomic E-state index is 0.402. The van der Waals surface area contributed by atoms with Crippen molar-refractivity contribution in [1.82, 2.24) is 15.1 Å². The molecule has 1 aromatic rings. The molecule has 2 aliphatic rings. The molecule has 5 nitrogen and oxygen atoms in total. The first-order valence-electron chi connectivity index (χ1n) is 9.14. The number of ether oxygens (including phenoxy) is 2. The van der Waals surface area contributed by atoms with E-state index in [0.29, 0.717) is 12.1 Å². The Bertz CT molecular complexity index is 480. The van der Waals surface area contributed by atoms with Gasteiger partial charge in [0, 0.05) is 31.7 Å². The van der Waals surface area contributed by atoms with E-state index in [9.17, 15) is 0 Å². The summed E-state index contributed by atoms with van der Waals surface area (Å²) in [7, 11) is 3.93. The molecule has 1 unspecified atom stereocenters. The standard InChI is InChI=1S/C19H31N3O2/c1-21-9-7-17(8-10-21)20-15-19(22-11-13-24-14-12-22)16-3-5-18(23-2)6-4-16/h3-6,17,19-20H,7-15H2,1-2H3. The van der Waals surface area contributed by atoms with Gasteiger partial charge in [-0.05, 0) is 50.7 Å². The fourth-order valence-electron chi connectivity index (χ4n) is 3.66. The molecule has 0 saturated carbocycles. The lowest BCUT2D eigenvalue weighted by atomic mass is 10.0. The van der Waals surface area contributed by atoms with E-state index in [2.05, 4.69) is 46.4 Å². The second-order valence-corrected chi connectivity index (χ2v) is 6.92. The summed E-state index contributed by atoms with van der Waals surface area (Å²) in [5.41, 5.74) is 1.36. The third-order valence-electron chi connectivity index (χ3n) is 5.31. The van der Waals surface area contributed by atoms with Crippen molar-refractivity contribution in [3.05, 3.63) is 29.8 Å². The average Bonchev–Trinajstić information content (AvgIpc) is 2.65. The van der Waals surface area contributed by atoms with Crippen molar-refractivity contribution in [2.45, 2.75) is 24.9 Å². The monoisotopic (exact) mass is 333 g/mol. The molecule has 0 amide bonds. The summed E-state index contributed by atoms with van der Waals surface area (Å²) in [4.78, 5) is 4.97. The molecule has 2 heterocycles. The summed E-state index contributed by atoms with van der Waals surface area (Å²) in [5.74, 6) is 0.919. The number of piperidine rings is 1. The highest BCUT2D eigenvalue weighted by molar-refractivity contribution is 5.29. The van der Waals surface area contributed by atoms with E-state index >= 15 is 0 Å².